The lowest BCUT2D eigenvalue weighted by atomic mass is 9.78. The topological polar surface area (TPSA) is 54.0 Å². The third kappa shape index (κ3) is 3.93. The maximum Gasteiger partial charge on any atom is 0.494 e. The van der Waals surface area contributed by atoms with Crippen molar-refractivity contribution in [1.29, 1.82) is 0 Å². The molecule has 0 aliphatic carbocycles. The van der Waals surface area contributed by atoms with Crippen molar-refractivity contribution in [3.05, 3.63) is 53.1 Å². The molecule has 0 unspecified atom stereocenters. The first-order valence-corrected chi connectivity index (χ1v) is 9.36. The number of aryl methyl sites for hydroxylation is 2. The van der Waals surface area contributed by atoms with Gasteiger partial charge in [-0.15, -0.1) is 0 Å². The van der Waals surface area contributed by atoms with Crippen molar-refractivity contribution in [1.82, 2.24) is 0 Å². The van der Waals surface area contributed by atoms with Gasteiger partial charge in [0.2, 0.25) is 0 Å². The molecule has 2 aromatic rings. The van der Waals surface area contributed by atoms with Crippen molar-refractivity contribution in [2.24, 2.45) is 0 Å². The first kappa shape index (κ1) is 20.4. The lowest BCUT2D eigenvalue weighted by molar-refractivity contribution is 0.00578. The molecule has 0 spiro atoms. The van der Waals surface area contributed by atoms with Gasteiger partial charge in [-0.1, -0.05) is 12.1 Å². The van der Waals surface area contributed by atoms with Crippen molar-refractivity contribution in [2.45, 2.75) is 52.7 Å². The van der Waals surface area contributed by atoms with Crippen LogP contribution in [-0.2, 0) is 14.0 Å². The van der Waals surface area contributed by atoms with Crippen LogP contribution in [0.15, 0.2) is 36.4 Å². The van der Waals surface area contributed by atoms with Gasteiger partial charge in [-0.25, -0.2) is 4.79 Å². The second-order valence-electron chi connectivity index (χ2n) is 8.24. The predicted molar refractivity (Wildman–Crippen MR) is 109 cm³/mol. The highest BCUT2D eigenvalue weighted by Gasteiger charge is 2.51. The van der Waals surface area contributed by atoms with Crippen LogP contribution in [0.1, 0.15) is 49.2 Å². The minimum absolute atomic E-state index is 0.384. The average molecular weight is 382 g/mol. The summed E-state index contributed by atoms with van der Waals surface area (Å²) in [6.07, 6.45) is 0. The Balaban J connectivity index is 1.88. The summed E-state index contributed by atoms with van der Waals surface area (Å²) in [7, 11) is 0.906. The summed E-state index contributed by atoms with van der Waals surface area (Å²) in [4.78, 5) is 11.9. The first-order chi connectivity index (χ1) is 13.0. The minimum atomic E-state index is -0.462. The second-order valence-corrected chi connectivity index (χ2v) is 8.24. The van der Waals surface area contributed by atoms with E-state index in [-0.39, 0.29) is 5.97 Å². The fourth-order valence-corrected chi connectivity index (χ4v) is 3.08. The summed E-state index contributed by atoms with van der Waals surface area (Å²) in [6.45, 7) is 12.0. The average Bonchev–Trinajstić information content (AvgIpc) is 2.83. The van der Waals surface area contributed by atoms with Crippen LogP contribution in [0.5, 0.6) is 11.5 Å². The number of ether oxygens (including phenoxy) is 2. The number of esters is 1. The summed E-state index contributed by atoms with van der Waals surface area (Å²) < 4.78 is 23.2. The lowest BCUT2D eigenvalue weighted by Crippen LogP contribution is -2.41. The number of carbonyl (C=O) groups is 1. The van der Waals surface area contributed by atoms with Crippen LogP contribution in [-0.4, -0.2) is 31.4 Å². The monoisotopic (exact) mass is 382 g/mol. The van der Waals surface area contributed by atoms with E-state index in [1.54, 1.807) is 6.07 Å². The van der Waals surface area contributed by atoms with Crippen LogP contribution in [0, 0.1) is 13.8 Å². The van der Waals surface area contributed by atoms with Gasteiger partial charge in [0.05, 0.1) is 23.9 Å². The van der Waals surface area contributed by atoms with Gasteiger partial charge in [-0.05, 0) is 82.4 Å². The van der Waals surface area contributed by atoms with Crippen molar-refractivity contribution < 1.29 is 23.6 Å². The molecule has 5 nitrogen and oxygen atoms in total. The van der Waals surface area contributed by atoms with Gasteiger partial charge in [0.15, 0.2) is 0 Å². The number of benzene rings is 2. The summed E-state index contributed by atoms with van der Waals surface area (Å²) in [6, 6.07) is 11.2. The molecule has 0 saturated carbocycles. The van der Waals surface area contributed by atoms with Gasteiger partial charge in [-0.2, -0.15) is 0 Å². The van der Waals surface area contributed by atoms with Crippen molar-refractivity contribution >= 4 is 18.6 Å². The lowest BCUT2D eigenvalue weighted by Gasteiger charge is -2.32. The van der Waals surface area contributed by atoms with E-state index in [0.717, 1.165) is 16.6 Å². The number of methoxy groups -OCH3 is 1. The Hall–Kier alpha value is -2.31. The molecule has 0 aromatic heterocycles. The van der Waals surface area contributed by atoms with Crippen molar-refractivity contribution in [2.75, 3.05) is 7.11 Å². The van der Waals surface area contributed by atoms with Gasteiger partial charge in [0.25, 0.3) is 0 Å². The Morgan fingerprint density at radius 3 is 2.18 bits per heavy atom. The molecular formula is C22H27BO5. The van der Waals surface area contributed by atoms with E-state index >= 15 is 0 Å². The number of rotatable bonds is 4. The molecule has 0 bridgehead atoms. The third-order valence-corrected chi connectivity index (χ3v) is 5.45. The van der Waals surface area contributed by atoms with Crippen molar-refractivity contribution in [3.8, 4) is 11.5 Å². The van der Waals surface area contributed by atoms with Crippen LogP contribution in [0.4, 0.5) is 0 Å². The Labute approximate surface area is 167 Å². The zero-order valence-electron chi connectivity index (χ0n) is 17.6. The minimum Gasteiger partial charge on any atom is -0.465 e. The molecule has 1 fully saturated rings. The number of carbonyl (C=O) groups excluding carboxylic acids is 1. The number of hydrogen-bond acceptors (Lipinski definition) is 5. The van der Waals surface area contributed by atoms with Crippen LogP contribution < -0.4 is 10.2 Å². The van der Waals surface area contributed by atoms with E-state index in [1.165, 1.54) is 7.11 Å². The Bertz CT molecular complexity index is 888. The van der Waals surface area contributed by atoms with Gasteiger partial charge < -0.3 is 18.8 Å². The molecule has 3 rings (SSSR count). The van der Waals surface area contributed by atoms with E-state index in [4.69, 9.17) is 18.8 Å². The molecule has 0 N–H and O–H groups in total. The molecule has 0 atom stereocenters. The maximum atomic E-state index is 11.9. The molecule has 0 radical (unpaired) electrons. The maximum absolute atomic E-state index is 11.9. The van der Waals surface area contributed by atoms with Crippen LogP contribution in [0.2, 0.25) is 0 Å². The summed E-state index contributed by atoms with van der Waals surface area (Å²) >= 11 is 0. The first-order valence-electron chi connectivity index (χ1n) is 9.36. The predicted octanol–water partition coefficient (Wildman–Crippen LogP) is 4.18. The zero-order chi connectivity index (χ0) is 20.7. The van der Waals surface area contributed by atoms with Crippen molar-refractivity contribution in [3.63, 3.8) is 0 Å². The highest BCUT2D eigenvalue weighted by Crippen LogP contribution is 2.37. The van der Waals surface area contributed by atoms with Crippen LogP contribution in [0.25, 0.3) is 0 Å². The second kappa shape index (κ2) is 7.26. The molecule has 1 heterocycles. The fourth-order valence-electron chi connectivity index (χ4n) is 3.08. The smallest absolute Gasteiger partial charge is 0.465 e. The molecular weight excluding hydrogens is 355 g/mol. The van der Waals surface area contributed by atoms with E-state index in [9.17, 15) is 4.79 Å². The SMILES string of the molecule is COC(=O)c1cc(Oc2cc(C)cc(B3OC(C)(C)C(C)(C)O3)c2)ccc1C. The molecule has 0 amide bonds. The van der Waals surface area contributed by atoms with E-state index in [2.05, 4.69) is 0 Å². The van der Waals surface area contributed by atoms with E-state index in [0.29, 0.717) is 17.1 Å². The normalized spacial score (nSPS) is 17.5. The third-order valence-electron chi connectivity index (χ3n) is 5.45. The molecule has 148 valence electrons. The Kier molecular flexibility index (Phi) is 5.30. The molecule has 1 aliphatic heterocycles. The van der Waals surface area contributed by atoms with Gasteiger partial charge in [-0.3, -0.25) is 0 Å². The largest absolute Gasteiger partial charge is 0.494 e. The van der Waals surface area contributed by atoms with Gasteiger partial charge >= 0.3 is 13.1 Å². The summed E-state index contributed by atoms with van der Waals surface area (Å²) in [5, 5.41) is 0. The van der Waals surface area contributed by atoms with E-state index < -0.39 is 18.3 Å². The molecule has 28 heavy (non-hydrogen) atoms. The Morgan fingerprint density at radius 1 is 0.929 bits per heavy atom. The highest BCUT2D eigenvalue weighted by atomic mass is 16.7. The van der Waals surface area contributed by atoms with E-state index in [1.807, 2.05) is 71.9 Å². The molecule has 1 aliphatic rings. The molecule has 6 heteroatoms. The quantitative estimate of drug-likeness (QED) is 0.587. The van der Waals surface area contributed by atoms with Gasteiger partial charge in [0, 0.05) is 0 Å². The highest BCUT2D eigenvalue weighted by molar-refractivity contribution is 6.62. The summed E-state index contributed by atoms with van der Waals surface area (Å²) in [5.41, 5.74) is 2.43. The fraction of sp³-hybridized carbons (Fsp3) is 0.409. The standard InChI is InChI=1S/C22H27BO5/c1-14-10-16(23-27-21(3,4)22(5,6)28-23)12-18(11-14)26-17-9-8-15(2)19(13-17)20(24)25-7/h8-13H,1-7H3. The number of hydrogen-bond donors (Lipinski definition) is 0. The summed E-state index contributed by atoms with van der Waals surface area (Å²) in [5.74, 6) is 0.839. The molecule has 2 aromatic carbocycles. The van der Waals surface area contributed by atoms with Crippen LogP contribution in [0.3, 0.4) is 0 Å². The van der Waals surface area contributed by atoms with Crippen LogP contribution >= 0.6 is 0 Å². The Morgan fingerprint density at radius 2 is 1.57 bits per heavy atom. The molecule has 1 saturated heterocycles. The van der Waals surface area contributed by atoms with Gasteiger partial charge in [0.1, 0.15) is 11.5 Å². The zero-order valence-corrected chi connectivity index (χ0v) is 17.6.